The molecule has 4 nitrogen and oxygen atoms in total. The van der Waals surface area contributed by atoms with Crippen LogP contribution in [0.15, 0.2) is 18.3 Å². The predicted octanol–water partition coefficient (Wildman–Crippen LogP) is 0.955. The van der Waals surface area contributed by atoms with Gasteiger partial charge in [0.25, 0.3) is 0 Å². The van der Waals surface area contributed by atoms with E-state index in [1.807, 2.05) is 26.0 Å². The van der Waals surface area contributed by atoms with Crippen molar-refractivity contribution in [2.45, 2.75) is 26.3 Å². The molecule has 96 valence electrons. The molecule has 5 heteroatoms. The van der Waals surface area contributed by atoms with Crippen molar-refractivity contribution in [1.82, 2.24) is 10.3 Å². The molecule has 1 heterocycles. The van der Waals surface area contributed by atoms with E-state index in [4.69, 9.17) is 0 Å². The molecule has 1 rings (SSSR count). The van der Waals surface area contributed by atoms with Crippen molar-refractivity contribution in [3.8, 4) is 0 Å². The molecule has 0 spiro atoms. The van der Waals surface area contributed by atoms with Gasteiger partial charge >= 0.3 is 0 Å². The summed E-state index contributed by atoms with van der Waals surface area (Å²) in [5.41, 5.74) is 2.06. The van der Waals surface area contributed by atoms with Gasteiger partial charge in [0.2, 0.25) is 0 Å². The fourth-order valence-corrected chi connectivity index (χ4v) is 2.78. The molecule has 1 unspecified atom stereocenters. The van der Waals surface area contributed by atoms with E-state index in [1.54, 1.807) is 6.20 Å². The molecule has 0 radical (unpaired) electrons. The van der Waals surface area contributed by atoms with E-state index in [0.29, 0.717) is 6.42 Å². The highest BCUT2D eigenvalue weighted by atomic mass is 32.2. The first-order valence-electron chi connectivity index (χ1n) is 5.74. The molecule has 0 fully saturated rings. The van der Waals surface area contributed by atoms with Crippen molar-refractivity contribution >= 4 is 9.84 Å². The smallest absolute Gasteiger partial charge is 0.148 e. The SMILES string of the molecule is CCNC(Cc1ncccc1C)CS(C)(=O)=O. The van der Waals surface area contributed by atoms with Gasteiger partial charge in [-0.25, -0.2) is 8.42 Å². The van der Waals surface area contributed by atoms with Gasteiger partial charge < -0.3 is 5.32 Å². The first-order valence-corrected chi connectivity index (χ1v) is 7.80. The third kappa shape index (κ3) is 5.28. The lowest BCUT2D eigenvalue weighted by molar-refractivity contribution is 0.540. The van der Waals surface area contributed by atoms with Crippen molar-refractivity contribution in [1.29, 1.82) is 0 Å². The predicted molar refractivity (Wildman–Crippen MR) is 69.9 cm³/mol. The minimum Gasteiger partial charge on any atom is -0.313 e. The Kier molecular flexibility index (Phi) is 5.08. The molecule has 0 saturated carbocycles. The normalized spacial score (nSPS) is 13.6. The van der Waals surface area contributed by atoms with Crippen LogP contribution in [0.3, 0.4) is 0 Å². The van der Waals surface area contributed by atoms with Crippen LogP contribution in [-0.2, 0) is 16.3 Å². The average molecular weight is 256 g/mol. The van der Waals surface area contributed by atoms with Gasteiger partial charge in [0.1, 0.15) is 9.84 Å². The van der Waals surface area contributed by atoms with Gasteiger partial charge in [-0.3, -0.25) is 4.98 Å². The summed E-state index contributed by atoms with van der Waals surface area (Å²) in [5, 5.41) is 3.20. The van der Waals surface area contributed by atoms with Gasteiger partial charge in [0.15, 0.2) is 0 Å². The Labute approximate surface area is 103 Å². The molecular formula is C12H20N2O2S. The standard InChI is InChI=1S/C12H20N2O2S/c1-4-13-11(9-17(3,15)16)8-12-10(2)6-5-7-14-12/h5-7,11,13H,4,8-9H2,1-3H3. The molecule has 0 saturated heterocycles. The first-order chi connectivity index (χ1) is 7.92. The number of aromatic nitrogens is 1. The Balaban J connectivity index is 2.77. The van der Waals surface area contributed by atoms with E-state index in [-0.39, 0.29) is 11.8 Å². The number of hydrogen-bond donors (Lipinski definition) is 1. The number of pyridine rings is 1. The van der Waals surface area contributed by atoms with Gasteiger partial charge in [-0.15, -0.1) is 0 Å². The van der Waals surface area contributed by atoms with E-state index < -0.39 is 9.84 Å². The number of nitrogens with zero attached hydrogens (tertiary/aromatic N) is 1. The van der Waals surface area contributed by atoms with Gasteiger partial charge in [-0.1, -0.05) is 13.0 Å². The topological polar surface area (TPSA) is 59.1 Å². The van der Waals surface area contributed by atoms with Crippen LogP contribution in [-0.4, -0.2) is 38.0 Å². The Morgan fingerprint density at radius 2 is 2.18 bits per heavy atom. The number of rotatable bonds is 6. The summed E-state index contributed by atoms with van der Waals surface area (Å²) in [4.78, 5) is 4.30. The van der Waals surface area contributed by atoms with E-state index >= 15 is 0 Å². The first kappa shape index (κ1) is 14.1. The Morgan fingerprint density at radius 1 is 1.47 bits per heavy atom. The van der Waals surface area contributed by atoms with Crippen LogP contribution in [0.4, 0.5) is 0 Å². The fraction of sp³-hybridized carbons (Fsp3) is 0.583. The summed E-state index contributed by atoms with van der Waals surface area (Å²) in [7, 11) is -2.97. The van der Waals surface area contributed by atoms with E-state index in [1.165, 1.54) is 6.26 Å². The molecular weight excluding hydrogens is 236 g/mol. The molecule has 0 aromatic carbocycles. The Morgan fingerprint density at radius 3 is 2.71 bits per heavy atom. The zero-order valence-corrected chi connectivity index (χ0v) is 11.4. The lowest BCUT2D eigenvalue weighted by Crippen LogP contribution is -2.37. The summed E-state index contributed by atoms with van der Waals surface area (Å²) in [6.45, 7) is 4.72. The van der Waals surface area contributed by atoms with Crippen molar-refractivity contribution in [2.75, 3.05) is 18.6 Å². The number of aryl methyl sites for hydroxylation is 1. The lowest BCUT2D eigenvalue weighted by atomic mass is 10.1. The number of nitrogens with one attached hydrogen (secondary N) is 1. The van der Waals surface area contributed by atoms with Crippen LogP contribution in [0, 0.1) is 6.92 Å². The van der Waals surface area contributed by atoms with Gasteiger partial charge in [-0.05, 0) is 25.1 Å². The largest absolute Gasteiger partial charge is 0.313 e. The Bertz CT molecular complexity index is 457. The van der Waals surface area contributed by atoms with Crippen LogP contribution in [0.2, 0.25) is 0 Å². The van der Waals surface area contributed by atoms with Gasteiger partial charge in [-0.2, -0.15) is 0 Å². The number of sulfone groups is 1. The maximum atomic E-state index is 11.3. The molecule has 0 aliphatic carbocycles. The summed E-state index contributed by atoms with van der Waals surface area (Å²) in [6, 6.07) is 3.81. The highest BCUT2D eigenvalue weighted by Crippen LogP contribution is 2.07. The summed E-state index contributed by atoms with van der Waals surface area (Å²) < 4.78 is 22.7. The molecule has 1 N–H and O–H groups in total. The maximum absolute atomic E-state index is 11.3. The number of hydrogen-bond acceptors (Lipinski definition) is 4. The fourth-order valence-electron chi connectivity index (χ4n) is 1.81. The molecule has 0 aliphatic rings. The third-order valence-corrected chi connectivity index (χ3v) is 3.56. The molecule has 1 atom stereocenters. The molecule has 1 aromatic heterocycles. The van der Waals surface area contributed by atoms with E-state index in [0.717, 1.165) is 17.8 Å². The maximum Gasteiger partial charge on any atom is 0.148 e. The third-order valence-electron chi connectivity index (χ3n) is 2.55. The van der Waals surface area contributed by atoms with E-state index in [9.17, 15) is 8.42 Å². The summed E-state index contributed by atoms with van der Waals surface area (Å²) in [6.07, 6.45) is 3.65. The second-order valence-corrected chi connectivity index (χ2v) is 6.50. The number of likely N-dealkylation sites (N-methyl/N-ethyl adjacent to an activating group) is 1. The molecule has 1 aromatic rings. The quantitative estimate of drug-likeness (QED) is 0.823. The van der Waals surface area contributed by atoms with Crippen LogP contribution in [0.5, 0.6) is 0 Å². The summed E-state index contributed by atoms with van der Waals surface area (Å²) >= 11 is 0. The second kappa shape index (κ2) is 6.12. The molecule has 17 heavy (non-hydrogen) atoms. The van der Waals surface area contributed by atoms with Crippen LogP contribution >= 0.6 is 0 Å². The van der Waals surface area contributed by atoms with Crippen molar-refractivity contribution in [3.63, 3.8) is 0 Å². The van der Waals surface area contributed by atoms with Crippen molar-refractivity contribution < 1.29 is 8.42 Å². The monoisotopic (exact) mass is 256 g/mol. The van der Waals surface area contributed by atoms with Gasteiger partial charge in [0.05, 0.1) is 5.75 Å². The van der Waals surface area contributed by atoms with E-state index in [2.05, 4.69) is 10.3 Å². The van der Waals surface area contributed by atoms with Gasteiger partial charge in [0, 0.05) is 30.6 Å². The second-order valence-electron chi connectivity index (χ2n) is 4.32. The van der Waals surface area contributed by atoms with Crippen LogP contribution in [0.25, 0.3) is 0 Å². The minimum atomic E-state index is -2.97. The molecule has 0 bridgehead atoms. The van der Waals surface area contributed by atoms with Crippen LogP contribution < -0.4 is 5.32 Å². The van der Waals surface area contributed by atoms with Crippen LogP contribution in [0.1, 0.15) is 18.2 Å². The van der Waals surface area contributed by atoms with Crippen molar-refractivity contribution in [3.05, 3.63) is 29.6 Å². The Hall–Kier alpha value is -0.940. The zero-order chi connectivity index (χ0) is 12.9. The lowest BCUT2D eigenvalue weighted by Gasteiger charge is -2.17. The summed E-state index contributed by atoms with van der Waals surface area (Å²) in [5.74, 6) is 0.150. The highest BCUT2D eigenvalue weighted by Gasteiger charge is 2.16. The molecule has 0 amide bonds. The average Bonchev–Trinajstić information content (AvgIpc) is 2.19. The minimum absolute atomic E-state index is 0.0661. The van der Waals surface area contributed by atoms with Crippen molar-refractivity contribution in [2.24, 2.45) is 0 Å². The highest BCUT2D eigenvalue weighted by molar-refractivity contribution is 7.90. The zero-order valence-electron chi connectivity index (χ0n) is 10.6. The molecule has 0 aliphatic heterocycles.